The molecule has 0 aliphatic heterocycles. The van der Waals surface area contributed by atoms with Crippen molar-refractivity contribution in [2.75, 3.05) is 5.32 Å². The number of halogens is 1. The van der Waals surface area contributed by atoms with Gasteiger partial charge in [-0.15, -0.1) is 0 Å². The van der Waals surface area contributed by atoms with E-state index in [1.54, 1.807) is 6.20 Å². The molecule has 0 spiro atoms. The van der Waals surface area contributed by atoms with Crippen molar-refractivity contribution in [1.82, 2.24) is 14.8 Å². The lowest BCUT2D eigenvalue weighted by molar-refractivity contribution is -0.384. The molecule has 1 aliphatic carbocycles. The van der Waals surface area contributed by atoms with Gasteiger partial charge >= 0.3 is 0 Å². The fourth-order valence-electron chi connectivity index (χ4n) is 3.47. The summed E-state index contributed by atoms with van der Waals surface area (Å²) in [5.41, 5.74) is 0.997. The third-order valence-electron chi connectivity index (χ3n) is 5.12. The number of nitro groups is 1. The van der Waals surface area contributed by atoms with Gasteiger partial charge in [-0.1, -0.05) is 17.7 Å². The predicted molar refractivity (Wildman–Crippen MR) is 116 cm³/mol. The van der Waals surface area contributed by atoms with Crippen molar-refractivity contribution in [3.05, 3.63) is 79.8 Å². The minimum atomic E-state index is -0.533. The average molecular weight is 442 g/mol. The van der Waals surface area contributed by atoms with Crippen LogP contribution in [0, 0.1) is 10.1 Å². The van der Waals surface area contributed by atoms with Gasteiger partial charge in [0.2, 0.25) is 5.88 Å². The maximum atomic E-state index is 12.7. The Morgan fingerprint density at radius 3 is 2.68 bits per heavy atom. The predicted octanol–water partition coefficient (Wildman–Crippen LogP) is 4.12. The van der Waals surface area contributed by atoms with Crippen LogP contribution in [0.5, 0.6) is 5.88 Å². The third-order valence-corrected chi connectivity index (χ3v) is 5.49. The number of nitrogens with one attached hydrogen (secondary N) is 1. The molecule has 31 heavy (non-hydrogen) atoms. The number of non-ortho nitro benzene ring substituents is 1. The molecule has 1 fully saturated rings. The van der Waals surface area contributed by atoms with E-state index in [1.807, 2.05) is 12.1 Å². The molecule has 9 nitrogen and oxygen atoms in total. The second-order valence-corrected chi connectivity index (χ2v) is 7.59. The lowest BCUT2D eigenvalue weighted by Gasteiger charge is -2.16. The molecule has 0 bridgehead atoms. The Labute approximate surface area is 182 Å². The van der Waals surface area contributed by atoms with Gasteiger partial charge in [0.15, 0.2) is 0 Å². The van der Waals surface area contributed by atoms with E-state index in [-0.39, 0.29) is 16.8 Å². The van der Waals surface area contributed by atoms with E-state index in [0.717, 1.165) is 35.9 Å². The van der Waals surface area contributed by atoms with Crippen LogP contribution in [-0.4, -0.2) is 25.8 Å². The molecule has 0 unspecified atom stereocenters. The van der Waals surface area contributed by atoms with Crippen molar-refractivity contribution < 1.29 is 9.66 Å². The number of hydrogen-bond acceptors (Lipinski definition) is 7. The molecule has 3 aromatic rings. The van der Waals surface area contributed by atoms with Crippen molar-refractivity contribution in [2.24, 2.45) is 0 Å². The monoisotopic (exact) mass is 441 g/mol. The molecule has 1 aliphatic rings. The Morgan fingerprint density at radius 2 is 1.97 bits per heavy atom. The van der Waals surface area contributed by atoms with Gasteiger partial charge in [-0.25, -0.2) is 4.98 Å². The number of hydrogen-bond donors (Lipinski definition) is 1. The SMILES string of the molecule is O=c1c(Cl)c(NCc2cccnc2OC2CCCC2)cnn1-c1ccc([N+](=O)[O-])cc1. The fourth-order valence-corrected chi connectivity index (χ4v) is 3.67. The Bertz CT molecular complexity index is 1140. The summed E-state index contributed by atoms with van der Waals surface area (Å²) in [6.45, 7) is 0.359. The first-order valence-electron chi connectivity index (χ1n) is 9.90. The second kappa shape index (κ2) is 9.13. The Kier molecular flexibility index (Phi) is 6.13. The van der Waals surface area contributed by atoms with Crippen LogP contribution < -0.4 is 15.6 Å². The summed E-state index contributed by atoms with van der Waals surface area (Å²) < 4.78 is 7.13. The van der Waals surface area contributed by atoms with E-state index in [9.17, 15) is 14.9 Å². The number of benzene rings is 1. The van der Waals surface area contributed by atoms with Crippen molar-refractivity contribution >= 4 is 23.0 Å². The van der Waals surface area contributed by atoms with Crippen molar-refractivity contribution in [3.63, 3.8) is 0 Å². The fraction of sp³-hybridized carbons (Fsp3) is 0.286. The Balaban J connectivity index is 1.51. The van der Waals surface area contributed by atoms with E-state index in [1.165, 1.54) is 30.5 Å². The number of nitro benzene ring substituents is 1. The molecule has 1 N–H and O–H groups in total. The molecule has 0 saturated heterocycles. The van der Waals surface area contributed by atoms with E-state index < -0.39 is 10.5 Å². The van der Waals surface area contributed by atoms with E-state index in [0.29, 0.717) is 23.8 Å². The van der Waals surface area contributed by atoms with Gasteiger partial charge in [0, 0.05) is 30.4 Å². The molecule has 2 aromatic heterocycles. The van der Waals surface area contributed by atoms with Crippen molar-refractivity contribution in [3.8, 4) is 11.6 Å². The van der Waals surface area contributed by atoms with Crippen LogP contribution in [0.3, 0.4) is 0 Å². The zero-order valence-corrected chi connectivity index (χ0v) is 17.3. The number of rotatable bonds is 7. The molecule has 10 heteroatoms. The lowest BCUT2D eigenvalue weighted by Crippen LogP contribution is -2.22. The van der Waals surface area contributed by atoms with Crippen LogP contribution in [-0.2, 0) is 6.54 Å². The summed E-state index contributed by atoms with van der Waals surface area (Å²) in [6, 6.07) is 9.22. The van der Waals surface area contributed by atoms with Gasteiger partial charge in [0.25, 0.3) is 11.2 Å². The molecule has 0 amide bonds. The first-order chi connectivity index (χ1) is 15.0. The normalized spacial score (nSPS) is 13.8. The molecule has 1 aromatic carbocycles. The standard InChI is InChI=1S/C21H20ClN5O4/c22-19-18(13-25-26(21(19)28)15-7-9-16(10-8-15)27(29)30)24-12-14-4-3-11-23-20(14)31-17-5-1-2-6-17/h3-4,7-11,13,17,24H,1-2,5-6,12H2. The molecule has 2 heterocycles. The Hall–Kier alpha value is -3.46. The minimum absolute atomic E-state index is 0.0319. The molecule has 1 saturated carbocycles. The lowest BCUT2D eigenvalue weighted by atomic mass is 10.2. The highest BCUT2D eigenvalue weighted by Gasteiger charge is 2.19. The van der Waals surface area contributed by atoms with Gasteiger partial charge in [0.1, 0.15) is 11.1 Å². The highest BCUT2D eigenvalue weighted by atomic mass is 35.5. The second-order valence-electron chi connectivity index (χ2n) is 7.21. The molecule has 160 valence electrons. The van der Waals surface area contributed by atoms with Crippen molar-refractivity contribution in [1.29, 1.82) is 0 Å². The maximum Gasteiger partial charge on any atom is 0.292 e. The van der Waals surface area contributed by atoms with Gasteiger partial charge in [-0.05, 0) is 43.9 Å². The van der Waals surface area contributed by atoms with Gasteiger partial charge in [-0.2, -0.15) is 9.78 Å². The molecule has 0 atom stereocenters. The van der Waals surface area contributed by atoms with Crippen LogP contribution >= 0.6 is 11.6 Å². The van der Waals surface area contributed by atoms with Crippen LogP contribution in [0.4, 0.5) is 11.4 Å². The summed E-state index contributed by atoms with van der Waals surface area (Å²) in [6.07, 6.45) is 7.70. The Morgan fingerprint density at radius 1 is 1.23 bits per heavy atom. The highest BCUT2D eigenvalue weighted by Crippen LogP contribution is 2.26. The number of pyridine rings is 1. The number of anilines is 1. The summed E-state index contributed by atoms with van der Waals surface area (Å²) in [5.74, 6) is 0.574. The van der Waals surface area contributed by atoms with E-state index >= 15 is 0 Å². The zero-order valence-electron chi connectivity index (χ0n) is 16.5. The topological polar surface area (TPSA) is 112 Å². The molecule has 0 radical (unpaired) electrons. The van der Waals surface area contributed by atoms with Gasteiger partial charge in [-0.3, -0.25) is 14.9 Å². The summed E-state index contributed by atoms with van der Waals surface area (Å²) in [5, 5.41) is 18.0. The van der Waals surface area contributed by atoms with Crippen LogP contribution in [0.25, 0.3) is 5.69 Å². The average Bonchev–Trinajstić information content (AvgIpc) is 3.29. The summed E-state index contributed by atoms with van der Waals surface area (Å²) in [7, 11) is 0. The van der Waals surface area contributed by atoms with Crippen LogP contribution in [0.1, 0.15) is 31.2 Å². The minimum Gasteiger partial charge on any atom is -0.474 e. The largest absolute Gasteiger partial charge is 0.474 e. The first-order valence-corrected chi connectivity index (χ1v) is 10.3. The maximum absolute atomic E-state index is 12.7. The number of ether oxygens (including phenoxy) is 1. The quantitative estimate of drug-likeness (QED) is 0.433. The van der Waals surface area contributed by atoms with Crippen molar-refractivity contribution in [2.45, 2.75) is 38.3 Å². The van der Waals surface area contributed by atoms with Gasteiger partial charge in [0.05, 0.1) is 22.5 Å². The zero-order chi connectivity index (χ0) is 21.8. The van der Waals surface area contributed by atoms with E-state index in [2.05, 4.69) is 15.4 Å². The smallest absolute Gasteiger partial charge is 0.292 e. The number of aromatic nitrogens is 3. The van der Waals surface area contributed by atoms with E-state index in [4.69, 9.17) is 16.3 Å². The van der Waals surface area contributed by atoms with Gasteiger partial charge < -0.3 is 10.1 Å². The van der Waals surface area contributed by atoms with Crippen LogP contribution in [0.15, 0.2) is 53.6 Å². The summed E-state index contributed by atoms with van der Waals surface area (Å²) in [4.78, 5) is 27.3. The molecular formula is C21H20ClN5O4. The third kappa shape index (κ3) is 4.66. The highest BCUT2D eigenvalue weighted by molar-refractivity contribution is 6.32. The van der Waals surface area contributed by atoms with Crippen LogP contribution in [0.2, 0.25) is 5.02 Å². The summed E-state index contributed by atoms with van der Waals surface area (Å²) >= 11 is 6.28. The first kappa shape index (κ1) is 20.8. The number of nitrogens with zero attached hydrogens (tertiary/aromatic N) is 4. The molecular weight excluding hydrogens is 422 g/mol. The molecule has 4 rings (SSSR count).